The molecular weight excluding hydrogens is 354 g/mol. The number of amidine groups is 1. The van der Waals surface area contributed by atoms with Crippen LogP contribution in [-0.4, -0.2) is 59.5 Å². The average molecular weight is 382 g/mol. The third-order valence-corrected chi connectivity index (χ3v) is 6.31. The Kier molecular flexibility index (Phi) is 5.02. The van der Waals surface area contributed by atoms with Crippen LogP contribution in [0.5, 0.6) is 0 Å². The summed E-state index contributed by atoms with van der Waals surface area (Å²) in [6.45, 7) is 0.487. The van der Waals surface area contributed by atoms with E-state index < -0.39 is 0 Å². The Morgan fingerprint density at radius 2 is 2.11 bits per heavy atom. The van der Waals surface area contributed by atoms with Crippen LogP contribution in [0.3, 0.4) is 0 Å². The van der Waals surface area contributed by atoms with E-state index in [1.165, 1.54) is 19.3 Å². The number of benzene rings is 1. The van der Waals surface area contributed by atoms with Crippen LogP contribution in [0.4, 0.5) is 5.69 Å². The van der Waals surface area contributed by atoms with Crippen LogP contribution in [0.1, 0.15) is 48.0 Å². The van der Waals surface area contributed by atoms with Gasteiger partial charge in [0.1, 0.15) is 19.1 Å². The first-order valence-electron chi connectivity index (χ1n) is 10.0. The number of piperidine rings is 1. The van der Waals surface area contributed by atoms with Crippen molar-refractivity contribution in [3.63, 3.8) is 0 Å². The maximum atomic E-state index is 12.9. The SMILES string of the molecule is CN[C@H]1CCCC1C=[N+](C)c1ccc2c(c1)CN(C1CCC(=O)NC1=N)C2=O. The summed E-state index contributed by atoms with van der Waals surface area (Å²) in [5.41, 5.74) is 2.77. The third kappa shape index (κ3) is 3.35. The molecule has 2 unspecified atom stereocenters. The summed E-state index contributed by atoms with van der Waals surface area (Å²) in [5, 5.41) is 14.0. The van der Waals surface area contributed by atoms with Gasteiger partial charge in [0.2, 0.25) is 11.6 Å². The Balaban J connectivity index is 1.54. The van der Waals surface area contributed by atoms with Crippen molar-refractivity contribution < 1.29 is 14.2 Å². The van der Waals surface area contributed by atoms with Gasteiger partial charge in [-0.05, 0) is 37.9 Å². The highest BCUT2D eigenvalue weighted by Crippen LogP contribution is 2.30. The Labute approximate surface area is 165 Å². The number of rotatable bonds is 4. The molecule has 1 aromatic rings. The van der Waals surface area contributed by atoms with Gasteiger partial charge in [-0.1, -0.05) is 6.42 Å². The first kappa shape index (κ1) is 18.8. The van der Waals surface area contributed by atoms with E-state index in [4.69, 9.17) is 5.41 Å². The van der Waals surface area contributed by atoms with Gasteiger partial charge in [-0.2, -0.15) is 0 Å². The minimum Gasteiger partial charge on any atom is -0.324 e. The van der Waals surface area contributed by atoms with Crippen LogP contribution in [0.2, 0.25) is 0 Å². The van der Waals surface area contributed by atoms with Gasteiger partial charge < -0.3 is 15.5 Å². The van der Waals surface area contributed by atoms with Crippen LogP contribution < -0.4 is 10.6 Å². The van der Waals surface area contributed by atoms with Crippen molar-refractivity contribution in [1.82, 2.24) is 15.5 Å². The lowest BCUT2D eigenvalue weighted by atomic mass is 10.0. The van der Waals surface area contributed by atoms with Crippen molar-refractivity contribution in [2.24, 2.45) is 5.92 Å². The summed E-state index contributed by atoms with van der Waals surface area (Å²) < 4.78 is 2.16. The van der Waals surface area contributed by atoms with E-state index in [1.807, 2.05) is 19.2 Å². The second-order valence-corrected chi connectivity index (χ2v) is 8.04. The highest BCUT2D eigenvalue weighted by molar-refractivity contribution is 6.06. The molecule has 2 aliphatic heterocycles. The molecule has 2 heterocycles. The lowest BCUT2D eigenvalue weighted by Gasteiger charge is -2.31. The highest BCUT2D eigenvalue weighted by atomic mass is 16.2. The van der Waals surface area contributed by atoms with Crippen LogP contribution in [0.25, 0.3) is 0 Å². The van der Waals surface area contributed by atoms with Gasteiger partial charge >= 0.3 is 0 Å². The summed E-state index contributed by atoms with van der Waals surface area (Å²) in [5.74, 6) is 0.455. The Morgan fingerprint density at radius 1 is 1.29 bits per heavy atom. The maximum absolute atomic E-state index is 12.9. The van der Waals surface area contributed by atoms with Gasteiger partial charge in [-0.15, -0.1) is 0 Å². The Morgan fingerprint density at radius 3 is 2.86 bits per heavy atom. The normalized spacial score (nSPS) is 27.9. The number of hydrogen-bond donors (Lipinski definition) is 3. The zero-order valence-corrected chi connectivity index (χ0v) is 16.5. The molecule has 3 N–H and O–H groups in total. The number of fused-ring (bicyclic) bond motifs is 1. The summed E-state index contributed by atoms with van der Waals surface area (Å²) in [4.78, 5) is 26.0. The molecule has 7 nitrogen and oxygen atoms in total. The molecule has 0 bridgehead atoms. The van der Waals surface area contributed by atoms with Crippen LogP contribution in [0.15, 0.2) is 18.2 Å². The van der Waals surface area contributed by atoms with E-state index in [9.17, 15) is 9.59 Å². The molecule has 0 spiro atoms. The monoisotopic (exact) mass is 382 g/mol. The molecule has 2 fully saturated rings. The number of amides is 2. The highest BCUT2D eigenvalue weighted by Gasteiger charge is 2.38. The molecule has 7 heteroatoms. The molecule has 28 heavy (non-hydrogen) atoms. The van der Waals surface area contributed by atoms with Crippen molar-refractivity contribution in [2.75, 3.05) is 14.1 Å². The molecule has 1 saturated heterocycles. The zero-order valence-electron chi connectivity index (χ0n) is 16.5. The Hall–Kier alpha value is -2.54. The fourth-order valence-electron chi connectivity index (χ4n) is 4.72. The molecular formula is C21H28N5O2+. The van der Waals surface area contributed by atoms with Crippen LogP contribution in [-0.2, 0) is 11.3 Å². The number of nitrogens with one attached hydrogen (secondary N) is 3. The van der Waals surface area contributed by atoms with E-state index in [1.54, 1.807) is 4.90 Å². The molecule has 0 aromatic heterocycles. The van der Waals surface area contributed by atoms with Gasteiger partial charge in [0, 0.05) is 36.7 Å². The number of carbonyl (C=O) groups excluding carboxylic acids is 2. The minimum absolute atomic E-state index is 0.0508. The maximum Gasteiger partial charge on any atom is 0.255 e. The van der Waals surface area contributed by atoms with Gasteiger partial charge in [0.05, 0.1) is 12.0 Å². The van der Waals surface area contributed by atoms with Crippen molar-refractivity contribution in [1.29, 1.82) is 5.41 Å². The molecule has 3 aliphatic rings. The quantitative estimate of drug-likeness (QED) is 0.546. The lowest BCUT2D eigenvalue weighted by molar-refractivity contribution is -0.402. The summed E-state index contributed by atoms with van der Waals surface area (Å²) in [7, 11) is 4.09. The predicted octanol–water partition coefficient (Wildman–Crippen LogP) is 1.63. The van der Waals surface area contributed by atoms with E-state index in [0.29, 0.717) is 36.9 Å². The predicted molar refractivity (Wildman–Crippen MR) is 107 cm³/mol. The van der Waals surface area contributed by atoms with Gasteiger partial charge in [-0.3, -0.25) is 15.0 Å². The molecule has 0 radical (unpaired) electrons. The minimum atomic E-state index is -0.347. The molecule has 1 saturated carbocycles. The van der Waals surface area contributed by atoms with E-state index in [-0.39, 0.29) is 23.7 Å². The Bertz CT molecular complexity index is 862. The molecule has 3 atom stereocenters. The van der Waals surface area contributed by atoms with E-state index in [0.717, 1.165) is 11.3 Å². The van der Waals surface area contributed by atoms with Crippen molar-refractivity contribution in [3.8, 4) is 0 Å². The first-order chi connectivity index (χ1) is 13.5. The topological polar surface area (TPSA) is 88.3 Å². The van der Waals surface area contributed by atoms with Crippen molar-refractivity contribution >= 4 is 29.6 Å². The largest absolute Gasteiger partial charge is 0.324 e. The van der Waals surface area contributed by atoms with Gasteiger partial charge in [-0.25, -0.2) is 4.58 Å². The molecule has 1 aliphatic carbocycles. The summed E-state index contributed by atoms with van der Waals surface area (Å²) in [6, 6.07) is 6.15. The fourth-order valence-corrected chi connectivity index (χ4v) is 4.72. The second kappa shape index (κ2) is 7.47. The van der Waals surface area contributed by atoms with Gasteiger partial charge in [0.15, 0.2) is 0 Å². The average Bonchev–Trinajstić information content (AvgIpc) is 3.25. The van der Waals surface area contributed by atoms with E-state index >= 15 is 0 Å². The second-order valence-electron chi connectivity index (χ2n) is 8.04. The molecule has 148 valence electrons. The lowest BCUT2D eigenvalue weighted by Crippen LogP contribution is -2.52. The molecule has 1 aromatic carbocycles. The standard InChI is InChI=1S/C21H27N5O2/c1-23-17-5-3-4-13(17)11-25(2)15-6-7-16-14(10-15)12-26(21(16)28)18-8-9-19(27)24-20(18)22/h6-7,10-11,13,17-18,23H,3-5,8-9,12H2,1-2H3,(H-,22,24,27)/p+1/t13?,17-,18?/m0/s1. The van der Waals surface area contributed by atoms with Crippen molar-refractivity contribution in [3.05, 3.63) is 29.3 Å². The van der Waals surface area contributed by atoms with E-state index in [2.05, 4.69) is 34.5 Å². The smallest absolute Gasteiger partial charge is 0.255 e. The number of carbonyl (C=O) groups is 2. The molecule has 2 amide bonds. The van der Waals surface area contributed by atoms with Crippen molar-refractivity contribution in [2.45, 2.75) is 50.7 Å². The van der Waals surface area contributed by atoms with Crippen LogP contribution >= 0.6 is 0 Å². The summed E-state index contributed by atoms with van der Waals surface area (Å²) in [6.07, 6.45) is 6.81. The third-order valence-electron chi connectivity index (χ3n) is 6.31. The first-order valence-corrected chi connectivity index (χ1v) is 10.0. The summed E-state index contributed by atoms with van der Waals surface area (Å²) >= 11 is 0. The fraction of sp³-hybridized carbons (Fsp3) is 0.524. The zero-order chi connectivity index (χ0) is 19.8. The number of hydrogen-bond acceptors (Lipinski definition) is 4. The van der Waals surface area contributed by atoms with Gasteiger partial charge in [0.25, 0.3) is 5.91 Å². The number of nitrogens with zero attached hydrogens (tertiary/aromatic N) is 2. The molecule has 4 rings (SSSR count). The van der Waals surface area contributed by atoms with Crippen LogP contribution in [0, 0.1) is 11.3 Å².